The number of rotatable bonds is 4. The Hall–Kier alpha value is -2.08. The molecular formula is C26H39N3O3. The number of amides is 2. The molecular weight excluding hydrogens is 402 g/mol. The first-order valence-electron chi connectivity index (χ1n) is 12.4. The molecule has 6 nitrogen and oxygen atoms in total. The Morgan fingerprint density at radius 2 is 1.75 bits per heavy atom. The van der Waals surface area contributed by atoms with Gasteiger partial charge in [0.2, 0.25) is 5.91 Å². The first kappa shape index (κ1) is 23.1. The van der Waals surface area contributed by atoms with E-state index in [1.807, 2.05) is 11.8 Å². The third-order valence-corrected chi connectivity index (χ3v) is 7.64. The highest BCUT2D eigenvalue weighted by atomic mass is 16.6. The van der Waals surface area contributed by atoms with Gasteiger partial charge in [0, 0.05) is 44.1 Å². The van der Waals surface area contributed by atoms with Gasteiger partial charge in [-0.2, -0.15) is 0 Å². The molecule has 0 atom stereocenters. The molecule has 0 N–H and O–H groups in total. The number of benzene rings is 1. The molecule has 2 fully saturated rings. The van der Waals surface area contributed by atoms with Crippen molar-refractivity contribution < 1.29 is 14.3 Å². The first-order chi connectivity index (χ1) is 15.4. The van der Waals surface area contributed by atoms with Crippen LogP contribution in [-0.2, 0) is 21.5 Å². The van der Waals surface area contributed by atoms with E-state index in [1.165, 1.54) is 11.1 Å². The fraction of sp³-hybridized carbons (Fsp3) is 0.692. The van der Waals surface area contributed by atoms with E-state index in [0.717, 1.165) is 65.0 Å². The molecule has 3 heterocycles. The molecule has 0 bridgehead atoms. The number of ether oxygens (including phenoxy) is 1. The standard InChI is InChI=1S/C26H39N3O3/c1-4-32-25(31)28-13-9-22(10-14-28)27-15-11-26(12-16-27)19-29(24(30)17-20(2)3)18-21-7-5-6-8-23(21)26/h5-8,20,22H,4,9-19H2,1-3H3. The van der Waals surface area contributed by atoms with E-state index in [0.29, 0.717) is 30.9 Å². The lowest BCUT2D eigenvalue weighted by Gasteiger charge is -2.50. The molecule has 0 radical (unpaired) electrons. The number of hydrogen-bond donors (Lipinski definition) is 0. The van der Waals surface area contributed by atoms with Crippen molar-refractivity contribution in [2.75, 3.05) is 39.3 Å². The number of carbonyl (C=O) groups excluding carboxylic acids is 2. The Labute approximate surface area is 192 Å². The molecule has 4 rings (SSSR count). The Morgan fingerprint density at radius 3 is 2.41 bits per heavy atom. The Bertz CT molecular complexity index is 808. The average molecular weight is 442 g/mol. The number of nitrogens with zero attached hydrogens (tertiary/aromatic N) is 3. The summed E-state index contributed by atoms with van der Waals surface area (Å²) in [7, 11) is 0. The summed E-state index contributed by atoms with van der Waals surface area (Å²) in [5, 5.41) is 0. The fourth-order valence-electron chi connectivity index (χ4n) is 5.92. The first-order valence-corrected chi connectivity index (χ1v) is 12.4. The molecule has 1 spiro atoms. The zero-order valence-electron chi connectivity index (χ0n) is 20.0. The summed E-state index contributed by atoms with van der Waals surface area (Å²) in [4.78, 5) is 31.6. The van der Waals surface area contributed by atoms with Gasteiger partial charge < -0.3 is 19.4 Å². The van der Waals surface area contributed by atoms with Crippen LogP contribution in [-0.4, -0.2) is 72.1 Å². The largest absolute Gasteiger partial charge is 0.450 e. The normalized spacial score (nSPS) is 21.6. The second-order valence-corrected chi connectivity index (χ2v) is 10.2. The summed E-state index contributed by atoms with van der Waals surface area (Å²) < 4.78 is 5.16. The summed E-state index contributed by atoms with van der Waals surface area (Å²) in [5.74, 6) is 0.681. The van der Waals surface area contributed by atoms with E-state index in [4.69, 9.17) is 4.74 Å². The van der Waals surface area contributed by atoms with Gasteiger partial charge in [0.1, 0.15) is 0 Å². The molecule has 176 valence electrons. The quantitative estimate of drug-likeness (QED) is 0.708. The van der Waals surface area contributed by atoms with E-state index in [2.05, 4.69) is 47.9 Å². The van der Waals surface area contributed by atoms with Crippen molar-refractivity contribution in [2.45, 2.75) is 70.9 Å². The maximum atomic E-state index is 13.0. The minimum absolute atomic E-state index is 0.0730. The molecule has 0 unspecified atom stereocenters. The van der Waals surface area contributed by atoms with Crippen molar-refractivity contribution in [1.29, 1.82) is 0 Å². The second kappa shape index (κ2) is 9.82. The molecule has 0 saturated carbocycles. The lowest BCUT2D eigenvalue weighted by Crippen LogP contribution is -2.56. The minimum Gasteiger partial charge on any atom is -0.450 e. The van der Waals surface area contributed by atoms with Crippen molar-refractivity contribution in [2.24, 2.45) is 5.92 Å². The molecule has 3 aliphatic heterocycles. The highest BCUT2D eigenvalue weighted by molar-refractivity contribution is 5.77. The molecule has 2 amide bonds. The van der Waals surface area contributed by atoms with E-state index in [9.17, 15) is 9.59 Å². The maximum Gasteiger partial charge on any atom is 0.409 e. The van der Waals surface area contributed by atoms with Gasteiger partial charge in [-0.25, -0.2) is 4.79 Å². The van der Waals surface area contributed by atoms with E-state index in [-0.39, 0.29) is 11.5 Å². The van der Waals surface area contributed by atoms with Crippen LogP contribution in [0.1, 0.15) is 64.0 Å². The van der Waals surface area contributed by atoms with Crippen LogP contribution in [0.4, 0.5) is 4.79 Å². The minimum atomic E-state index is -0.173. The SMILES string of the molecule is CCOC(=O)N1CCC(N2CCC3(CC2)CN(C(=O)CC(C)C)Cc2ccccc23)CC1. The number of hydrogen-bond acceptors (Lipinski definition) is 4. The molecule has 32 heavy (non-hydrogen) atoms. The van der Waals surface area contributed by atoms with Crippen LogP contribution >= 0.6 is 0 Å². The molecule has 0 aliphatic carbocycles. The summed E-state index contributed by atoms with van der Waals surface area (Å²) >= 11 is 0. The lowest BCUT2D eigenvalue weighted by molar-refractivity contribution is -0.134. The summed E-state index contributed by atoms with van der Waals surface area (Å²) in [5.41, 5.74) is 2.86. The van der Waals surface area contributed by atoms with E-state index < -0.39 is 0 Å². The number of piperidine rings is 2. The smallest absolute Gasteiger partial charge is 0.409 e. The van der Waals surface area contributed by atoms with Crippen molar-refractivity contribution in [3.63, 3.8) is 0 Å². The third kappa shape index (κ3) is 4.80. The van der Waals surface area contributed by atoms with Crippen LogP contribution in [0.5, 0.6) is 0 Å². The van der Waals surface area contributed by atoms with E-state index >= 15 is 0 Å². The number of carbonyl (C=O) groups is 2. The average Bonchev–Trinajstić information content (AvgIpc) is 2.79. The van der Waals surface area contributed by atoms with Gasteiger partial charge in [0.25, 0.3) is 0 Å². The van der Waals surface area contributed by atoms with Gasteiger partial charge in [-0.05, 0) is 62.7 Å². The monoisotopic (exact) mass is 441 g/mol. The highest BCUT2D eigenvalue weighted by Gasteiger charge is 2.44. The van der Waals surface area contributed by atoms with Crippen molar-refractivity contribution in [1.82, 2.24) is 14.7 Å². The lowest BCUT2D eigenvalue weighted by atomic mass is 9.68. The van der Waals surface area contributed by atoms with Crippen LogP contribution in [0.25, 0.3) is 0 Å². The van der Waals surface area contributed by atoms with Gasteiger partial charge >= 0.3 is 6.09 Å². The predicted molar refractivity (Wildman–Crippen MR) is 125 cm³/mol. The summed E-state index contributed by atoms with van der Waals surface area (Å²) in [6.45, 7) is 11.8. The van der Waals surface area contributed by atoms with Gasteiger partial charge in [0.05, 0.1) is 6.61 Å². The third-order valence-electron chi connectivity index (χ3n) is 7.64. The summed E-state index contributed by atoms with van der Waals surface area (Å²) in [6.07, 6.45) is 4.67. The predicted octanol–water partition coefficient (Wildman–Crippen LogP) is 4.03. The Morgan fingerprint density at radius 1 is 1.06 bits per heavy atom. The van der Waals surface area contributed by atoms with Crippen LogP contribution < -0.4 is 0 Å². The van der Waals surface area contributed by atoms with Crippen molar-refractivity contribution >= 4 is 12.0 Å². The van der Waals surface area contributed by atoms with E-state index in [1.54, 1.807) is 0 Å². The second-order valence-electron chi connectivity index (χ2n) is 10.2. The topological polar surface area (TPSA) is 53.1 Å². The summed E-state index contributed by atoms with van der Waals surface area (Å²) in [6, 6.07) is 9.31. The molecule has 3 aliphatic rings. The van der Waals surface area contributed by atoms with Crippen LogP contribution in [0.3, 0.4) is 0 Å². The molecule has 1 aromatic carbocycles. The van der Waals surface area contributed by atoms with Crippen molar-refractivity contribution in [3.05, 3.63) is 35.4 Å². The molecule has 0 aromatic heterocycles. The van der Waals surface area contributed by atoms with Crippen LogP contribution in [0.2, 0.25) is 0 Å². The number of fused-ring (bicyclic) bond motifs is 2. The molecule has 1 aromatic rings. The maximum absolute atomic E-state index is 13.0. The van der Waals surface area contributed by atoms with Gasteiger partial charge in [-0.1, -0.05) is 38.1 Å². The van der Waals surface area contributed by atoms with Crippen molar-refractivity contribution in [3.8, 4) is 0 Å². The molecule has 2 saturated heterocycles. The zero-order chi connectivity index (χ0) is 22.7. The number of likely N-dealkylation sites (tertiary alicyclic amines) is 2. The van der Waals surface area contributed by atoms with Gasteiger partial charge in [-0.15, -0.1) is 0 Å². The van der Waals surface area contributed by atoms with Gasteiger partial charge in [-0.3, -0.25) is 4.79 Å². The zero-order valence-corrected chi connectivity index (χ0v) is 20.0. The highest BCUT2D eigenvalue weighted by Crippen LogP contribution is 2.42. The van der Waals surface area contributed by atoms with Gasteiger partial charge in [0.15, 0.2) is 0 Å². The molecule has 6 heteroatoms. The Kier molecular flexibility index (Phi) is 7.08. The van der Waals surface area contributed by atoms with Crippen LogP contribution in [0, 0.1) is 5.92 Å². The Balaban J connectivity index is 1.41. The van der Waals surface area contributed by atoms with Crippen LogP contribution in [0.15, 0.2) is 24.3 Å². The fourth-order valence-corrected chi connectivity index (χ4v) is 5.92.